The van der Waals surface area contributed by atoms with E-state index in [4.69, 9.17) is 9.15 Å². The van der Waals surface area contributed by atoms with E-state index in [0.29, 0.717) is 36.4 Å². The first kappa shape index (κ1) is 19.0. The number of furan rings is 1. The van der Waals surface area contributed by atoms with Gasteiger partial charge in [0.25, 0.3) is 0 Å². The van der Waals surface area contributed by atoms with Crippen LogP contribution in [0.15, 0.2) is 28.0 Å². The standard InChI is InChI=1S/C18H26N4O3S/c1-14-6-3-8-21(12-14)16(23)13-26-18-20-19-17(15-7-4-11-25-15)22(18)9-5-10-24-2/h4,7,11,14H,3,5-6,8-10,12-13H2,1-2H3/t14-/m1/s1. The van der Waals surface area contributed by atoms with Crippen LogP contribution in [0.4, 0.5) is 0 Å². The number of rotatable bonds is 8. The maximum absolute atomic E-state index is 12.5. The van der Waals surface area contributed by atoms with Gasteiger partial charge in [0.1, 0.15) is 0 Å². The second-order valence-electron chi connectivity index (χ2n) is 6.66. The average Bonchev–Trinajstić information content (AvgIpc) is 3.29. The lowest BCUT2D eigenvalue weighted by atomic mass is 10.0. The number of amides is 1. The molecule has 0 unspecified atom stereocenters. The summed E-state index contributed by atoms with van der Waals surface area (Å²) in [5.41, 5.74) is 0. The molecule has 3 heterocycles. The van der Waals surface area contributed by atoms with Gasteiger partial charge in [-0.15, -0.1) is 10.2 Å². The van der Waals surface area contributed by atoms with Crippen LogP contribution in [-0.4, -0.2) is 58.1 Å². The molecule has 0 N–H and O–H groups in total. The van der Waals surface area contributed by atoms with Crippen molar-refractivity contribution in [1.82, 2.24) is 19.7 Å². The van der Waals surface area contributed by atoms with Gasteiger partial charge in [-0.2, -0.15) is 0 Å². The predicted octanol–water partition coefficient (Wildman–Crippen LogP) is 2.93. The maximum atomic E-state index is 12.5. The van der Waals surface area contributed by atoms with Gasteiger partial charge >= 0.3 is 0 Å². The first-order valence-electron chi connectivity index (χ1n) is 9.05. The van der Waals surface area contributed by atoms with E-state index in [-0.39, 0.29) is 5.91 Å². The second kappa shape index (κ2) is 9.23. The van der Waals surface area contributed by atoms with Gasteiger partial charge < -0.3 is 14.1 Å². The summed E-state index contributed by atoms with van der Waals surface area (Å²) in [7, 11) is 1.69. The molecule has 1 amide bonds. The van der Waals surface area contributed by atoms with Crippen molar-refractivity contribution in [2.24, 2.45) is 5.92 Å². The van der Waals surface area contributed by atoms with Crippen molar-refractivity contribution in [1.29, 1.82) is 0 Å². The van der Waals surface area contributed by atoms with Crippen molar-refractivity contribution >= 4 is 17.7 Å². The normalized spacial score (nSPS) is 17.6. The summed E-state index contributed by atoms with van der Waals surface area (Å²) in [5.74, 6) is 2.51. The average molecular weight is 378 g/mol. The molecule has 142 valence electrons. The predicted molar refractivity (Wildman–Crippen MR) is 99.9 cm³/mol. The van der Waals surface area contributed by atoms with Crippen LogP contribution in [0.25, 0.3) is 11.6 Å². The summed E-state index contributed by atoms with van der Waals surface area (Å²) in [5, 5.41) is 9.30. The number of carbonyl (C=O) groups is 1. The fourth-order valence-electron chi connectivity index (χ4n) is 3.19. The van der Waals surface area contributed by atoms with Crippen LogP contribution in [0.2, 0.25) is 0 Å². The largest absolute Gasteiger partial charge is 0.461 e. The number of carbonyl (C=O) groups excluding carboxylic acids is 1. The molecule has 1 saturated heterocycles. The lowest BCUT2D eigenvalue weighted by molar-refractivity contribution is -0.130. The molecule has 1 fully saturated rings. The highest BCUT2D eigenvalue weighted by Crippen LogP contribution is 2.25. The molecule has 3 rings (SSSR count). The molecule has 0 radical (unpaired) electrons. The van der Waals surface area contributed by atoms with Gasteiger partial charge in [0.2, 0.25) is 5.91 Å². The first-order valence-corrected chi connectivity index (χ1v) is 10.0. The van der Waals surface area contributed by atoms with E-state index in [0.717, 1.165) is 31.1 Å². The van der Waals surface area contributed by atoms with E-state index in [9.17, 15) is 4.79 Å². The molecule has 2 aromatic heterocycles. The molecule has 8 heteroatoms. The number of ether oxygens (including phenoxy) is 1. The molecule has 7 nitrogen and oxygen atoms in total. The van der Waals surface area contributed by atoms with E-state index in [2.05, 4.69) is 17.1 Å². The van der Waals surface area contributed by atoms with E-state index in [1.165, 1.54) is 18.2 Å². The van der Waals surface area contributed by atoms with Crippen LogP contribution >= 0.6 is 11.8 Å². The summed E-state index contributed by atoms with van der Waals surface area (Å²) < 4.78 is 12.6. The highest BCUT2D eigenvalue weighted by Gasteiger charge is 2.22. The van der Waals surface area contributed by atoms with Crippen molar-refractivity contribution in [2.75, 3.05) is 32.6 Å². The Kier molecular flexibility index (Phi) is 6.73. The number of hydrogen-bond acceptors (Lipinski definition) is 6. The Hall–Kier alpha value is -1.80. The fourth-order valence-corrected chi connectivity index (χ4v) is 4.05. The van der Waals surface area contributed by atoms with Gasteiger partial charge in [-0.3, -0.25) is 9.36 Å². The second-order valence-corrected chi connectivity index (χ2v) is 7.60. The van der Waals surface area contributed by atoms with Gasteiger partial charge in [-0.05, 0) is 37.3 Å². The summed E-state index contributed by atoms with van der Waals surface area (Å²) in [4.78, 5) is 14.5. The molecule has 0 aliphatic carbocycles. The molecule has 1 aliphatic rings. The van der Waals surface area contributed by atoms with E-state index in [1.54, 1.807) is 13.4 Å². The van der Waals surface area contributed by atoms with E-state index >= 15 is 0 Å². The SMILES string of the molecule is COCCCn1c(SCC(=O)N2CCC[C@@H](C)C2)nnc1-c1ccco1. The van der Waals surface area contributed by atoms with Crippen molar-refractivity contribution in [3.8, 4) is 11.6 Å². The molecule has 0 aromatic carbocycles. The summed E-state index contributed by atoms with van der Waals surface area (Å²) in [6, 6.07) is 3.70. The zero-order valence-corrected chi connectivity index (χ0v) is 16.2. The Balaban J connectivity index is 1.67. The zero-order chi connectivity index (χ0) is 18.4. The quantitative estimate of drug-likeness (QED) is 0.519. The Bertz CT molecular complexity index is 701. The van der Waals surface area contributed by atoms with Crippen LogP contribution < -0.4 is 0 Å². The molecule has 2 aromatic rings. The number of nitrogens with zero attached hydrogens (tertiary/aromatic N) is 4. The van der Waals surface area contributed by atoms with Gasteiger partial charge in [-0.25, -0.2) is 0 Å². The van der Waals surface area contributed by atoms with E-state index < -0.39 is 0 Å². The zero-order valence-electron chi connectivity index (χ0n) is 15.4. The van der Waals surface area contributed by atoms with Crippen LogP contribution in [0.5, 0.6) is 0 Å². The van der Waals surface area contributed by atoms with Crippen LogP contribution in [0.3, 0.4) is 0 Å². The number of hydrogen-bond donors (Lipinski definition) is 0. The molecule has 0 spiro atoms. The molecule has 0 bridgehead atoms. The number of thioether (sulfide) groups is 1. The summed E-state index contributed by atoms with van der Waals surface area (Å²) in [6.45, 7) is 5.30. The third-order valence-corrected chi connectivity index (χ3v) is 5.47. The number of methoxy groups -OCH3 is 1. The van der Waals surface area contributed by atoms with Crippen LogP contribution in [0, 0.1) is 5.92 Å². The van der Waals surface area contributed by atoms with Crippen LogP contribution in [-0.2, 0) is 16.1 Å². The van der Waals surface area contributed by atoms with Gasteiger partial charge in [0.15, 0.2) is 16.7 Å². The minimum atomic E-state index is 0.174. The third kappa shape index (κ3) is 4.67. The lowest BCUT2D eigenvalue weighted by Gasteiger charge is -2.30. The van der Waals surface area contributed by atoms with Gasteiger partial charge in [-0.1, -0.05) is 18.7 Å². The highest BCUT2D eigenvalue weighted by atomic mass is 32.2. The Labute approximate surface area is 158 Å². The third-order valence-electron chi connectivity index (χ3n) is 4.52. The number of likely N-dealkylation sites (tertiary alicyclic amines) is 1. The molecule has 26 heavy (non-hydrogen) atoms. The smallest absolute Gasteiger partial charge is 0.233 e. The Morgan fingerprint density at radius 1 is 1.46 bits per heavy atom. The molecular formula is C18H26N4O3S. The minimum absolute atomic E-state index is 0.174. The monoisotopic (exact) mass is 378 g/mol. The van der Waals surface area contributed by atoms with Crippen molar-refractivity contribution < 1.29 is 13.9 Å². The Morgan fingerprint density at radius 3 is 3.08 bits per heavy atom. The topological polar surface area (TPSA) is 73.4 Å². The van der Waals surface area contributed by atoms with Crippen LogP contribution in [0.1, 0.15) is 26.2 Å². The van der Waals surface area contributed by atoms with E-state index in [1.807, 2.05) is 21.6 Å². The fraction of sp³-hybridized carbons (Fsp3) is 0.611. The Morgan fingerprint density at radius 2 is 2.35 bits per heavy atom. The minimum Gasteiger partial charge on any atom is -0.461 e. The number of aromatic nitrogens is 3. The molecule has 1 atom stereocenters. The van der Waals surface area contributed by atoms with Crippen molar-refractivity contribution in [2.45, 2.75) is 37.9 Å². The van der Waals surface area contributed by atoms with Crippen molar-refractivity contribution in [3.05, 3.63) is 18.4 Å². The summed E-state index contributed by atoms with van der Waals surface area (Å²) >= 11 is 1.44. The first-order chi connectivity index (χ1) is 12.7. The summed E-state index contributed by atoms with van der Waals surface area (Å²) in [6.07, 6.45) is 4.76. The van der Waals surface area contributed by atoms with Crippen molar-refractivity contribution in [3.63, 3.8) is 0 Å². The molecule has 0 saturated carbocycles. The number of piperidine rings is 1. The molecule has 1 aliphatic heterocycles. The van der Waals surface area contributed by atoms with Gasteiger partial charge in [0.05, 0.1) is 12.0 Å². The maximum Gasteiger partial charge on any atom is 0.233 e. The van der Waals surface area contributed by atoms with Gasteiger partial charge in [0, 0.05) is 33.4 Å². The lowest BCUT2D eigenvalue weighted by Crippen LogP contribution is -2.40. The highest BCUT2D eigenvalue weighted by molar-refractivity contribution is 7.99. The molecular weight excluding hydrogens is 352 g/mol.